The molecule has 0 aliphatic carbocycles. The summed E-state index contributed by atoms with van der Waals surface area (Å²) in [5, 5.41) is 6.36. The van der Waals surface area contributed by atoms with Crippen molar-refractivity contribution in [3.8, 4) is 0 Å². The van der Waals surface area contributed by atoms with E-state index in [-0.39, 0.29) is 59.4 Å². The lowest BCUT2D eigenvalue weighted by molar-refractivity contribution is -0.124. The summed E-state index contributed by atoms with van der Waals surface area (Å²) in [7, 11) is 0. The van der Waals surface area contributed by atoms with Crippen LogP contribution in [0.4, 0.5) is 11.4 Å². The number of carbonyl (C=O) groups is 4. The average molecular weight is 654 g/mol. The van der Waals surface area contributed by atoms with Crippen molar-refractivity contribution >= 4 is 115 Å². The van der Waals surface area contributed by atoms with Crippen LogP contribution in [0.15, 0.2) is 58.3 Å². The van der Waals surface area contributed by atoms with Crippen LogP contribution in [0.1, 0.15) is 25.7 Å². The maximum atomic E-state index is 13.1. The number of nitrogens with one attached hydrogen (secondary N) is 2. The minimum absolute atomic E-state index is 0.157. The number of rotatable bonds is 10. The van der Waals surface area contributed by atoms with E-state index in [4.69, 9.17) is 47.6 Å². The van der Waals surface area contributed by atoms with E-state index in [9.17, 15) is 19.2 Å². The number of nitrogens with zero attached hydrogens (tertiary/aromatic N) is 2. The van der Waals surface area contributed by atoms with Gasteiger partial charge in [-0.3, -0.25) is 29.0 Å². The largest absolute Gasteiger partial charge is 0.325 e. The van der Waals surface area contributed by atoms with Crippen LogP contribution in [0.5, 0.6) is 0 Å². The topological polar surface area (TPSA) is 98.8 Å². The minimum atomic E-state index is -0.388. The molecule has 2 N–H and O–H groups in total. The zero-order valence-electron chi connectivity index (χ0n) is 20.8. The van der Waals surface area contributed by atoms with Gasteiger partial charge in [0.1, 0.15) is 8.64 Å². The third kappa shape index (κ3) is 7.42. The fraction of sp³-hybridized carbons (Fsp3) is 0.231. The number of thioether (sulfide) groups is 2. The molecule has 0 aromatic heterocycles. The SMILES string of the molecule is O=C(CCCN1C(=O)/C(=C2\SC(=S)N(CCCC(=O)Nc3ccccc3Cl)C2=O)SC1=S)Nc1ccccc1Cl. The Balaban J connectivity index is 1.28. The van der Waals surface area contributed by atoms with E-state index >= 15 is 0 Å². The second kappa shape index (κ2) is 13.9. The van der Waals surface area contributed by atoms with Crippen LogP contribution in [-0.4, -0.2) is 55.2 Å². The fourth-order valence-corrected chi connectivity index (χ4v) is 6.94. The Hall–Kier alpha value is -2.48. The molecule has 40 heavy (non-hydrogen) atoms. The van der Waals surface area contributed by atoms with E-state index in [0.717, 1.165) is 23.5 Å². The highest BCUT2D eigenvalue weighted by Crippen LogP contribution is 2.42. The van der Waals surface area contributed by atoms with Crippen molar-refractivity contribution in [3.05, 3.63) is 68.4 Å². The predicted molar refractivity (Wildman–Crippen MR) is 169 cm³/mol. The highest BCUT2D eigenvalue weighted by atomic mass is 35.5. The molecule has 0 spiro atoms. The van der Waals surface area contributed by atoms with Gasteiger partial charge in [0, 0.05) is 25.9 Å². The van der Waals surface area contributed by atoms with Gasteiger partial charge in [0.15, 0.2) is 0 Å². The lowest BCUT2D eigenvalue weighted by Crippen LogP contribution is -2.31. The summed E-state index contributed by atoms with van der Waals surface area (Å²) >= 11 is 25.0. The molecule has 8 nitrogen and oxygen atoms in total. The number of halogens is 2. The normalized spacial score (nSPS) is 17.1. The van der Waals surface area contributed by atoms with Gasteiger partial charge in [-0.1, -0.05) is 95.4 Å². The smallest absolute Gasteiger partial charge is 0.267 e. The van der Waals surface area contributed by atoms with Gasteiger partial charge in [-0.25, -0.2) is 0 Å². The zero-order chi connectivity index (χ0) is 28.8. The summed E-state index contributed by atoms with van der Waals surface area (Å²) < 4.78 is 0.626. The Bertz CT molecular complexity index is 1330. The van der Waals surface area contributed by atoms with Crippen LogP contribution in [0, 0.1) is 0 Å². The highest BCUT2D eigenvalue weighted by molar-refractivity contribution is 8.29. The van der Waals surface area contributed by atoms with E-state index in [1.165, 1.54) is 9.80 Å². The van der Waals surface area contributed by atoms with Crippen molar-refractivity contribution in [1.29, 1.82) is 0 Å². The number of carbonyl (C=O) groups excluding carboxylic acids is 4. The molecular formula is C26H22Cl2N4O4S4. The van der Waals surface area contributed by atoms with Crippen molar-refractivity contribution in [2.75, 3.05) is 23.7 Å². The summed E-state index contributed by atoms with van der Waals surface area (Å²) in [6.45, 7) is 0.454. The van der Waals surface area contributed by atoms with Crippen molar-refractivity contribution in [1.82, 2.24) is 9.80 Å². The molecule has 2 saturated heterocycles. The maximum Gasteiger partial charge on any atom is 0.267 e. The first kappa shape index (κ1) is 30.5. The Labute approximate surface area is 260 Å². The van der Waals surface area contributed by atoms with Crippen molar-refractivity contribution in [3.63, 3.8) is 0 Å². The van der Waals surface area contributed by atoms with E-state index in [1.54, 1.807) is 48.5 Å². The Morgan fingerprint density at radius 3 is 1.45 bits per heavy atom. The first-order chi connectivity index (χ1) is 19.2. The number of hydrogen-bond donors (Lipinski definition) is 2. The molecule has 2 heterocycles. The second-order valence-electron chi connectivity index (χ2n) is 8.57. The Morgan fingerprint density at radius 1 is 0.700 bits per heavy atom. The maximum absolute atomic E-state index is 13.1. The third-order valence-electron chi connectivity index (χ3n) is 5.77. The molecule has 2 aromatic rings. The summed E-state index contributed by atoms with van der Waals surface area (Å²) in [6, 6.07) is 13.8. The van der Waals surface area contributed by atoms with Crippen LogP contribution in [0.3, 0.4) is 0 Å². The Morgan fingerprint density at radius 2 is 1.07 bits per heavy atom. The molecule has 4 amide bonds. The quantitative estimate of drug-likeness (QED) is 0.236. The van der Waals surface area contributed by atoms with Gasteiger partial charge < -0.3 is 10.6 Å². The molecule has 0 radical (unpaired) electrons. The molecule has 2 aromatic carbocycles. The van der Waals surface area contributed by atoms with Gasteiger partial charge in [-0.15, -0.1) is 0 Å². The number of amides is 4. The average Bonchev–Trinajstić information content (AvgIpc) is 3.35. The van der Waals surface area contributed by atoms with E-state index in [2.05, 4.69) is 10.6 Å². The predicted octanol–water partition coefficient (Wildman–Crippen LogP) is 6.06. The molecule has 2 aliphatic rings. The van der Waals surface area contributed by atoms with Crippen LogP contribution < -0.4 is 10.6 Å². The monoisotopic (exact) mass is 652 g/mol. The molecule has 2 fully saturated rings. The molecular weight excluding hydrogens is 631 g/mol. The van der Waals surface area contributed by atoms with Crippen molar-refractivity contribution in [2.45, 2.75) is 25.7 Å². The molecule has 14 heteroatoms. The third-order valence-corrected chi connectivity index (χ3v) is 9.46. The highest BCUT2D eigenvalue weighted by Gasteiger charge is 2.41. The summed E-state index contributed by atoms with van der Waals surface area (Å²) in [5.74, 6) is -1.25. The van der Waals surface area contributed by atoms with Gasteiger partial charge in [0.2, 0.25) is 11.8 Å². The molecule has 2 aliphatic heterocycles. The number of para-hydroxylation sites is 2. The molecule has 4 rings (SSSR count). The fourth-order valence-electron chi connectivity index (χ4n) is 3.80. The lowest BCUT2D eigenvalue weighted by atomic mass is 10.2. The van der Waals surface area contributed by atoms with E-state index in [1.807, 2.05) is 0 Å². The lowest BCUT2D eigenvalue weighted by Gasteiger charge is -2.15. The van der Waals surface area contributed by atoms with Crippen LogP contribution in [-0.2, 0) is 19.2 Å². The number of benzene rings is 2. The van der Waals surface area contributed by atoms with Gasteiger partial charge in [0.25, 0.3) is 11.8 Å². The Kier molecular flexibility index (Phi) is 10.6. The number of thiocarbonyl (C=S) groups is 2. The zero-order valence-corrected chi connectivity index (χ0v) is 25.6. The molecule has 208 valence electrons. The summed E-state index contributed by atoms with van der Waals surface area (Å²) in [4.78, 5) is 54.1. The van der Waals surface area contributed by atoms with Crippen LogP contribution in [0.2, 0.25) is 10.0 Å². The van der Waals surface area contributed by atoms with Gasteiger partial charge in [-0.2, -0.15) is 0 Å². The van der Waals surface area contributed by atoms with E-state index in [0.29, 0.717) is 42.9 Å². The standard InChI is InChI=1S/C26H22Cl2N4O4S4/c27-15-7-1-3-9-17(15)29-19(33)11-5-13-31-23(35)21(39-25(31)37)22-24(36)32(26(38)40-22)14-6-12-20(34)30-18-10-4-2-8-16(18)28/h1-4,7-10H,5-6,11-14H2,(H,29,33)(H,30,34)/b22-21+. The summed E-state index contributed by atoms with van der Waals surface area (Å²) in [5.41, 5.74) is 1.03. The number of hydrogen-bond acceptors (Lipinski definition) is 8. The molecule has 0 saturated carbocycles. The van der Waals surface area contributed by atoms with Crippen molar-refractivity contribution in [2.24, 2.45) is 0 Å². The second-order valence-corrected chi connectivity index (χ2v) is 12.7. The molecule has 0 unspecified atom stereocenters. The minimum Gasteiger partial charge on any atom is -0.325 e. The van der Waals surface area contributed by atoms with Crippen LogP contribution >= 0.6 is 71.2 Å². The van der Waals surface area contributed by atoms with E-state index < -0.39 is 0 Å². The molecule has 0 bridgehead atoms. The first-order valence-electron chi connectivity index (χ1n) is 12.1. The van der Waals surface area contributed by atoms with Crippen molar-refractivity contribution < 1.29 is 19.2 Å². The number of anilines is 2. The first-order valence-corrected chi connectivity index (χ1v) is 15.3. The summed E-state index contributed by atoms with van der Waals surface area (Å²) in [6.07, 6.45) is 1.05. The molecule has 0 atom stereocenters. The van der Waals surface area contributed by atoms with Gasteiger partial charge in [-0.05, 0) is 37.1 Å². The van der Waals surface area contributed by atoms with Crippen LogP contribution in [0.25, 0.3) is 0 Å². The van der Waals surface area contributed by atoms with Gasteiger partial charge in [0.05, 0.1) is 31.2 Å². The van der Waals surface area contributed by atoms with Gasteiger partial charge >= 0.3 is 0 Å².